The van der Waals surface area contributed by atoms with Gasteiger partial charge >= 0.3 is 0 Å². The number of benzene rings is 1. The maximum absolute atomic E-state index is 12.7. The molecule has 1 atom stereocenters. The van der Waals surface area contributed by atoms with Crippen molar-refractivity contribution in [3.8, 4) is 0 Å². The Morgan fingerprint density at radius 3 is 2.18 bits per heavy atom. The molecule has 3 rings (SSSR count). The third-order valence-electron chi connectivity index (χ3n) is 5.95. The van der Waals surface area contributed by atoms with E-state index in [0.717, 1.165) is 19.3 Å². The van der Waals surface area contributed by atoms with Gasteiger partial charge < -0.3 is 10.6 Å². The van der Waals surface area contributed by atoms with Gasteiger partial charge in [0.2, 0.25) is 10.0 Å². The summed E-state index contributed by atoms with van der Waals surface area (Å²) < 4.78 is 27.0. The minimum atomic E-state index is -3.43. The quantitative estimate of drug-likeness (QED) is 0.710. The highest BCUT2D eigenvalue weighted by Crippen LogP contribution is 2.22. The van der Waals surface area contributed by atoms with Gasteiger partial charge in [-0.15, -0.1) is 0 Å². The second-order valence-electron chi connectivity index (χ2n) is 8.21. The standard InChI is InChI=1S/C21H33N3O3S/c1-17(22-18-9-5-2-3-6-10-18)21(25)23-19-11-13-20(14-12-19)28(26,27)24-15-7-4-8-16-24/h11-14,17-18,22H,2-10,15-16H2,1H3,(H,23,25)/p+1/t17-/m1/s1. The summed E-state index contributed by atoms with van der Waals surface area (Å²) in [5, 5.41) is 5.12. The van der Waals surface area contributed by atoms with Crippen LogP contribution in [-0.2, 0) is 14.8 Å². The normalized spacial score (nSPS) is 21.0. The van der Waals surface area contributed by atoms with Crippen LogP contribution in [0.4, 0.5) is 5.69 Å². The summed E-state index contributed by atoms with van der Waals surface area (Å²) in [7, 11) is -3.43. The highest BCUT2D eigenvalue weighted by atomic mass is 32.2. The average Bonchev–Trinajstić information content (AvgIpc) is 2.97. The molecule has 0 aromatic heterocycles. The lowest BCUT2D eigenvalue weighted by Crippen LogP contribution is -2.96. The van der Waals surface area contributed by atoms with E-state index in [9.17, 15) is 13.2 Å². The van der Waals surface area contributed by atoms with Crippen molar-refractivity contribution in [1.82, 2.24) is 4.31 Å². The van der Waals surface area contributed by atoms with E-state index in [4.69, 9.17) is 0 Å². The molecule has 6 nitrogen and oxygen atoms in total. The molecule has 1 aromatic carbocycles. The van der Waals surface area contributed by atoms with Gasteiger partial charge in [0.15, 0.2) is 6.04 Å². The summed E-state index contributed by atoms with van der Waals surface area (Å²) in [4.78, 5) is 12.8. The lowest BCUT2D eigenvalue weighted by molar-refractivity contribution is -0.707. The Labute approximate surface area is 169 Å². The van der Waals surface area contributed by atoms with Crippen molar-refractivity contribution in [3.63, 3.8) is 0 Å². The van der Waals surface area contributed by atoms with E-state index in [2.05, 4.69) is 10.6 Å². The van der Waals surface area contributed by atoms with E-state index in [1.165, 1.54) is 38.5 Å². The number of carbonyl (C=O) groups is 1. The maximum atomic E-state index is 12.7. The predicted molar refractivity (Wildman–Crippen MR) is 111 cm³/mol. The smallest absolute Gasteiger partial charge is 0.282 e. The lowest BCUT2D eigenvalue weighted by Gasteiger charge is -2.25. The summed E-state index contributed by atoms with van der Waals surface area (Å²) in [6, 6.07) is 6.94. The first-order valence-corrected chi connectivity index (χ1v) is 12.2. The Morgan fingerprint density at radius 2 is 1.57 bits per heavy atom. The number of nitrogens with two attached hydrogens (primary N) is 1. The topological polar surface area (TPSA) is 83.1 Å². The van der Waals surface area contributed by atoms with Crippen LogP contribution in [0, 0.1) is 0 Å². The molecule has 2 fully saturated rings. The molecule has 1 saturated carbocycles. The van der Waals surface area contributed by atoms with Crippen LogP contribution in [0.3, 0.4) is 0 Å². The van der Waals surface area contributed by atoms with E-state index >= 15 is 0 Å². The van der Waals surface area contributed by atoms with Gasteiger partial charge in [0.25, 0.3) is 5.91 Å². The minimum Gasteiger partial charge on any atom is -0.334 e. The number of anilines is 1. The van der Waals surface area contributed by atoms with Gasteiger partial charge in [-0.05, 0) is 69.7 Å². The number of nitrogens with one attached hydrogen (secondary N) is 1. The molecule has 28 heavy (non-hydrogen) atoms. The van der Waals surface area contributed by atoms with Crippen LogP contribution in [0.1, 0.15) is 64.7 Å². The average molecular weight is 409 g/mol. The van der Waals surface area contributed by atoms with Crippen molar-refractivity contribution in [2.75, 3.05) is 18.4 Å². The van der Waals surface area contributed by atoms with E-state index in [1.54, 1.807) is 28.6 Å². The molecule has 1 heterocycles. The van der Waals surface area contributed by atoms with Crippen LogP contribution in [0.15, 0.2) is 29.2 Å². The SMILES string of the molecule is C[C@@H]([NH2+]C1CCCCCC1)C(=O)Nc1ccc(S(=O)(=O)N2CCCCC2)cc1. The Morgan fingerprint density at radius 1 is 1.00 bits per heavy atom. The van der Waals surface area contributed by atoms with Crippen molar-refractivity contribution in [2.24, 2.45) is 0 Å². The number of carbonyl (C=O) groups excluding carboxylic acids is 1. The zero-order valence-electron chi connectivity index (χ0n) is 16.9. The molecule has 1 saturated heterocycles. The second kappa shape index (κ2) is 9.85. The summed E-state index contributed by atoms with van der Waals surface area (Å²) >= 11 is 0. The maximum Gasteiger partial charge on any atom is 0.282 e. The Hall–Kier alpha value is -1.44. The number of quaternary nitrogens is 1. The first kappa shape index (κ1) is 21.3. The van der Waals surface area contributed by atoms with E-state index < -0.39 is 10.0 Å². The van der Waals surface area contributed by atoms with Gasteiger partial charge in [-0.3, -0.25) is 4.79 Å². The van der Waals surface area contributed by atoms with Crippen molar-refractivity contribution in [3.05, 3.63) is 24.3 Å². The van der Waals surface area contributed by atoms with Crippen LogP contribution in [0.25, 0.3) is 0 Å². The van der Waals surface area contributed by atoms with Crippen molar-refractivity contribution < 1.29 is 18.5 Å². The largest absolute Gasteiger partial charge is 0.334 e. The second-order valence-corrected chi connectivity index (χ2v) is 10.1. The number of hydrogen-bond acceptors (Lipinski definition) is 3. The van der Waals surface area contributed by atoms with Gasteiger partial charge in [-0.1, -0.05) is 19.3 Å². The monoisotopic (exact) mass is 408 g/mol. The first-order valence-electron chi connectivity index (χ1n) is 10.7. The van der Waals surface area contributed by atoms with Crippen molar-refractivity contribution in [2.45, 2.75) is 81.7 Å². The molecule has 1 aliphatic carbocycles. The number of piperidine rings is 1. The van der Waals surface area contributed by atoms with Crippen LogP contribution >= 0.6 is 0 Å². The fourth-order valence-electron chi connectivity index (χ4n) is 4.22. The van der Waals surface area contributed by atoms with Crippen LogP contribution in [0.2, 0.25) is 0 Å². The van der Waals surface area contributed by atoms with Gasteiger partial charge in [0.05, 0.1) is 10.9 Å². The number of sulfonamides is 1. The van der Waals surface area contributed by atoms with E-state index in [0.29, 0.717) is 29.7 Å². The predicted octanol–water partition coefficient (Wildman–Crippen LogP) is 2.47. The molecule has 7 heteroatoms. The Bertz CT molecular complexity index is 735. The molecular formula is C21H34N3O3S+. The number of rotatable bonds is 6. The third-order valence-corrected chi connectivity index (χ3v) is 7.86. The zero-order chi connectivity index (χ0) is 20.0. The van der Waals surface area contributed by atoms with E-state index in [1.807, 2.05) is 6.92 Å². The minimum absolute atomic E-state index is 0.0316. The molecule has 156 valence electrons. The van der Waals surface area contributed by atoms with Gasteiger partial charge in [-0.2, -0.15) is 4.31 Å². The molecule has 0 spiro atoms. The fourth-order valence-corrected chi connectivity index (χ4v) is 5.74. The molecule has 0 unspecified atom stereocenters. The van der Waals surface area contributed by atoms with Crippen molar-refractivity contribution >= 4 is 21.6 Å². The molecule has 0 bridgehead atoms. The third kappa shape index (κ3) is 5.55. The molecule has 1 aliphatic heterocycles. The van der Waals surface area contributed by atoms with Crippen molar-refractivity contribution in [1.29, 1.82) is 0 Å². The summed E-state index contributed by atoms with van der Waals surface area (Å²) in [5.41, 5.74) is 0.642. The summed E-state index contributed by atoms with van der Waals surface area (Å²) in [6.45, 7) is 3.13. The summed E-state index contributed by atoms with van der Waals surface area (Å²) in [6.07, 6.45) is 10.4. The summed E-state index contributed by atoms with van der Waals surface area (Å²) in [5.74, 6) is -0.0316. The number of hydrogen-bond donors (Lipinski definition) is 2. The highest BCUT2D eigenvalue weighted by molar-refractivity contribution is 7.89. The lowest BCUT2D eigenvalue weighted by atomic mass is 10.1. The Kier molecular flexibility index (Phi) is 7.48. The van der Waals surface area contributed by atoms with Gasteiger partial charge in [0.1, 0.15) is 0 Å². The first-order chi connectivity index (χ1) is 13.5. The number of nitrogens with zero attached hydrogens (tertiary/aromatic N) is 1. The molecular weight excluding hydrogens is 374 g/mol. The Balaban J connectivity index is 1.56. The zero-order valence-corrected chi connectivity index (χ0v) is 17.7. The highest BCUT2D eigenvalue weighted by Gasteiger charge is 2.26. The molecule has 3 N–H and O–H groups in total. The van der Waals surface area contributed by atoms with E-state index in [-0.39, 0.29) is 11.9 Å². The number of amides is 1. The van der Waals surface area contributed by atoms with Crippen LogP contribution in [0.5, 0.6) is 0 Å². The molecule has 2 aliphatic rings. The fraction of sp³-hybridized carbons (Fsp3) is 0.667. The molecule has 0 radical (unpaired) electrons. The van der Waals surface area contributed by atoms with Crippen LogP contribution < -0.4 is 10.6 Å². The molecule has 1 aromatic rings. The van der Waals surface area contributed by atoms with Crippen LogP contribution in [-0.4, -0.2) is 43.8 Å². The van der Waals surface area contributed by atoms with Gasteiger partial charge in [-0.25, -0.2) is 8.42 Å². The van der Waals surface area contributed by atoms with Gasteiger partial charge in [0, 0.05) is 18.8 Å². The molecule has 1 amide bonds.